The van der Waals surface area contributed by atoms with Crippen molar-refractivity contribution in [2.45, 2.75) is 32.7 Å². The van der Waals surface area contributed by atoms with Crippen molar-refractivity contribution in [2.75, 3.05) is 26.2 Å². The quantitative estimate of drug-likeness (QED) is 0.844. The van der Waals surface area contributed by atoms with Crippen LogP contribution in [0.3, 0.4) is 0 Å². The highest BCUT2D eigenvalue weighted by atomic mass is 35.5. The standard InChI is InChI=1S/C20H29N3O2.ClH/c1-14(2)18(22-19(24)15-6-4-3-5-7-15)20(25)23-10-8-16-12-21-13-17(16)9-11-23;/h3-7,14,16-18,21H,8-13H2,1-2H3,(H,22,24);1H/t16-,17+,18?;. The van der Waals surface area contributed by atoms with Crippen molar-refractivity contribution in [1.29, 1.82) is 0 Å². The molecule has 2 amide bonds. The Morgan fingerprint density at radius 1 is 1.08 bits per heavy atom. The Bertz CT molecular complexity index is 594. The van der Waals surface area contributed by atoms with Gasteiger partial charge in [-0.25, -0.2) is 0 Å². The molecule has 1 unspecified atom stereocenters. The Kier molecular flexibility index (Phi) is 7.47. The van der Waals surface area contributed by atoms with Crippen molar-refractivity contribution in [2.24, 2.45) is 17.8 Å². The molecule has 2 saturated heterocycles. The third-order valence-electron chi connectivity index (χ3n) is 5.59. The molecule has 1 aromatic carbocycles. The summed E-state index contributed by atoms with van der Waals surface area (Å²) < 4.78 is 0. The maximum Gasteiger partial charge on any atom is 0.251 e. The van der Waals surface area contributed by atoms with E-state index in [2.05, 4.69) is 10.6 Å². The van der Waals surface area contributed by atoms with Crippen molar-refractivity contribution in [3.05, 3.63) is 35.9 Å². The Morgan fingerprint density at radius 3 is 2.19 bits per heavy atom. The van der Waals surface area contributed by atoms with Crippen molar-refractivity contribution in [3.63, 3.8) is 0 Å². The average molecular weight is 380 g/mol. The van der Waals surface area contributed by atoms with Crippen LogP contribution in [-0.4, -0.2) is 48.9 Å². The van der Waals surface area contributed by atoms with Crippen molar-refractivity contribution in [3.8, 4) is 0 Å². The minimum atomic E-state index is -0.469. The van der Waals surface area contributed by atoms with E-state index in [1.54, 1.807) is 12.1 Å². The van der Waals surface area contributed by atoms with Crippen molar-refractivity contribution >= 4 is 24.2 Å². The zero-order valence-corrected chi connectivity index (χ0v) is 16.4. The Labute approximate surface area is 162 Å². The second kappa shape index (κ2) is 9.38. The number of likely N-dealkylation sites (tertiary alicyclic amines) is 1. The average Bonchev–Trinajstić information content (AvgIpc) is 2.97. The summed E-state index contributed by atoms with van der Waals surface area (Å²) in [6.45, 7) is 7.73. The molecule has 2 aliphatic heterocycles. The SMILES string of the molecule is CC(C)C(NC(=O)c1ccccc1)C(=O)N1CC[C@@H]2CNC[C@@H]2CC1.Cl. The fraction of sp³-hybridized carbons (Fsp3) is 0.600. The number of amides is 2. The lowest BCUT2D eigenvalue weighted by Crippen LogP contribution is -2.51. The molecule has 6 heteroatoms. The second-order valence-corrected chi connectivity index (χ2v) is 7.64. The zero-order chi connectivity index (χ0) is 17.8. The lowest BCUT2D eigenvalue weighted by atomic mass is 9.92. The van der Waals surface area contributed by atoms with E-state index >= 15 is 0 Å². The van der Waals surface area contributed by atoms with Gasteiger partial charge < -0.3 is 15.5 Å². The first-order valence-electron chi connectivity index (χ1n) is 9.41. The highest BCUT2D eigenvalue weighted by Crippen LogP contribution is 2.27. The molecule has 2 aliphatic rings. The predicted molar refractivity (Wildman–Crippen MR) is 105 cm³/mol. The summed E-state index contributed by atoms with van der Waals surface area (Å²) in [4.78, 5) is 27.5. The lowest BCUT2D eigenvalue weighted by molar-refractivity contribution is -0.134. The van der Waals surface area contributed by atoms with Gasteiger partial charge in [-0.3, -0.25) is 9.59 Å². The molecule has 1 aromatic rings. The highest BCUT2D eigenvalue weighted by molar-refractivity contribution is 5.97. The normalized spacial score (nSPS) is 23.6. The smallest absolute Gasteiger partial charge is 0.251 e. The Balaban J connectivity index is 0.00000243. The third-order valence-corrected chi connectivity index (χ3v) is 5.59. The van der Waals surface area contributed by atoms with Crippen LogP contribution in [0.25, 0.3) is 0 Å². The predicted octanol–water partition coefficient (Wildman–Crippen LogP) is 2.32. The summed E-state index contributed by atoms with van der Waals surface area (Å²) in [5, 5.41) is 6.42. The monoisotopic (exact) mass is 379 g/mol. The maximum atomic E-state index is 13.1. The lowest BCUT2D eigenvalue weighted by Gasteiger charge is -2.29. The van der Waals surface area contributed by atoms with Crippen LogP contribution in [0.4, 0.5) is 0 Å². The number of hydrogen-bond acceptors (Lipinski definition) is 3. The van der Waals surface area contributed by atoms with E-state index < -0.39 is 6.04 Å². The van der Waals surface area contributed by atoms with E-state index in [9.17, 15) is 9.59 Å². The molecule has 0 bridgehead atoms. The molecule has 3 atom stereocenters. The number of carbonyl (C=O) groups excluding carboxylic acids is 2. The molecule has 3 rings (SSSR count). The van der Waals surface area contributed by atoms with Gasteiger partial charge in [0.25, 0.3) is 5.91 Å². The van der Waals surface area contributed by atoms with Crippen LogP contribution in [0.5, 0.6) is 0 Å². The Morgan fingerprint density at radius 2 is 1.65 bits per heavy atom. The molecule has 2 fully saturated rings. The van der Waals surface area contributed by atoms with E-state index in [4.69, 9.17) is 0 Å². The molecule has 0 saturated carbocycles. The molecule has 0 radical (unpaired) electrons. The van der Waals surface area contributed by atoms with Crippen LogP contribution >= 0.6 is 12.4 Å². The van der Waals surface area contributed by atoms with Gasteiger partial charge in [0, 0.05) is 18.7 Å². The van der Waals surface area contributed by atoms with E-state index in [-0.39, 0.29) is 30.1 Å². The number of nitrogens with one attached hydrogen (secondary N) is 2. The van der Waals surface area contributed by atoms with Gasteiger partial charge in [0.15, 0.2) is 0 Å². The van der Waals surface area contributed by atoms with Gasteiger partial charge in [0.2, 0.25) is 5.91 Å². The summed E-state index contributed by atoms with van der Waals surface area (Å²) in [5.41, 5.74) is 0.595. The summed E-state index contributed by atoms with van der Waals surface area (Å²) in [7, 11) is 0. The van der Waals surface area contributed by atoms with Crippen LogP contribution in [0.15, 0.2) is 30.3 Å². The number of hydrogen-bond donors (Lipinski definition) is 2. The van der Waals surface area contributed by atoms with Crippen LogP contribution in [0.1, 0.15) is 37.0 Å². The Hall–Kier alpha value is -1.59. The second-order valence-electron chi connectivity index (χ2n) is 7.64. The zero-order valence-electron chi connectivity index (χ0n) is 15.6. The molecule has 144 valence electrons. The van der Waals surface area contributed by atoms with Gasteiger partial charge in [0.05, 0.1) is 0 Å². The molecular formula is C20H30ClN3O2. The number of halogens is 1. The fourth-order valence-electron chi connectivity index (χ4n) is 3.96. The van der Waals surface area contributed by atoms with Crippen LogP contribution in [-0.2, 0) is 4.79 Å². The van der Waals surface area contributed by atoms with Crippen molar-refractivity contribution < 1.29 is 9.59 Å². The number of fused-ring (bicyclic) bond motifs is 1. The molecule has 0 aromatic heterocycles. The fourth-order valence-corrected chi connectivity index (χ4v) is 3.96. The molecular weight excluding hydrogens is 350 g/mol. The van der Waals surface area contributed by atoms with Gasteiger partial charge in [-0.1, -0.05) is 32.0 Å². The largest absolute Gasteiger partial charge is 0.341 e. The van der Waals surface area contributed by atoms with Gasteiger partial charge in [-0.2, -0.15) is 0 Å². The van der Waals surface area contributed by atoms with Gasteiger partial charge in [-0.15, -0.1) is 12.4 Å². The first kappa shape index (κ1) is 20.7. The van der Waals surface area contributed by atoms with Gasteiger partial charge in [0.1, 0.15) is 6.04 Å². The minimum Gasteiger partial charge on any atom is -0.341 e. The molecule has 0 spiro atoms. The minimum absolute atomic E-state index is 0. The van der Waals surface area contributed by atoms with E-state index in [1.807, 2.05) is 36.9 Å². The first-order valence-corrected chi connectivity index (χ1v) is 9.41. The topological polar surface area (TPSA) is 61.4 Å². The van der Waals surface area contributed by atoms with Gasteiger partial charge >= 0.3 is 0 Å². The van der Waals surface area contributed by atoms with E-state index in [0.717, 1.165) is 39.0 Å². The maximum absolute atomic E-state index is 13.1. The molecule has 26 heavy (non-hydrogen) atoms. The van der Waals surface area contributed by atoms with Crippen LogP contribution < -0.4 is 10.6 Å². The number of carbonyl (C=O) groups is 2. The molecule has 5 nitrogen and oxygen atoms in total. The summed E-state index contributed by atoms with van der Waals surface area (Å²) >= 11 is 0. The van der Waals surface area contributed by atoms with Gasteiger partial charge in [-0.05, 0) is 55.8 Å². The highest BCUT2D eigenvalue weighted by Gasteiger charge is 2.34. The number of rotatable bonds is 4. The summed E-state index contributed by atoms with van der Waals surface area (Å²) in [6, 6.07) is 8.63. The number of benzene rings is 1. The van der Waals surface area contributed by atoms with E-state index in [1.165, 1.54) is 0 Å². The van der Waals surface area contributed by atoms with Crippen LogP contribution in [0.2, 0.25) is 0 Å². The molecule has 2 heterocycles. The first-order chi connectivity index (χ1) is 12.1. The summed E-state index contributed by atoms with van der Waals surface area (Å²) in [5.74, 6) is 1.32. The summed E-state index contributed by atoms with van der Waals surface area (Å²) in [6.07, 6.45) is 2.11. The third kappa shape index (κ3) is 4.77. The van der Waals surface area contributed by atoms with E-state index in [0.29, 0.717) is 17.4 Å². The van der Waals surface area contributed by atoms with Crippen LogP contribution in [0, 0.1) is 17.8 Å². The molecule has 0 aliphatic carbocycles. The molecule has 2 N–H and O–H groups in total. The number of nitrogens with zero attached hydrogens (tertiary/aromatic N) is 1. The van der Waals surface area contributed by atoms with Crippen molar-refractivity contribution in [1.82, 2.24) is 15.5 Å².